The summed E-state index contributed by atoms with van der Waals surface area (Å²) in [5.41, 5.74) is 1.41. The zero-order valence-corrected chi connectivity index (χ0v) is 19.9. The molecule has 34 heavy (non-hydrogen) atoms. The van der Waals surface area contributed by atoms with Gasteiger partial charge in [-0.25, -0.2) is 9.37 Å². The minimum Gasteiger partial charge on any atom is -0.481 e. The number of pyridine rings is 1. The highest BCUT2D eigenvalue weighted by Gasteiger charge is 2.29. The summed E-state index contributed by atoms with van der Waals surface area (Å²) in [5.74, 6) is -0.838. The van der Waals surface area contributed by atoms with Crippen LogP contribution in [-0.4, -0.2) is 67.7 Å². The molecule has 2 heterocycles. The van der Waals surface area contributed by atoms with Gasteiger partial charge in [0.15, 0.2) is 0 Å². The Morgan fingerprint density at radius 2 is 1.85 bits per heavy atom. The lowest BCUT2D eigenvalue weighted by Gasteiger charge is -2.30. The van der Waals surface area contributed by atoms with Crippen molar-refractivity contribution in [2.75, 3.05) is 45.3 Å². The Labute approximate surface area is 199 Å². The van der Waals surface area contributed by atoms with Gasteiger partial charge in [-0.15, -0.1) is 0 Å². The molecule has 1 aliphatic heterocycles. The van der Waals surface area contributed by atoms with Crippen LogP contribution in [0.5, 0.6) is 5.88 Å². The van der Waals surface area contributed by atoms with Crippen molar-refractivity contribution in [2.24, 2.45) is 5.92 Å². The normalized spacial score (nSPS) is 15.5. The van der Waals surface area contributed by atoms with E-state index in [2.05, 4.69) is 15.6 Å². The molecule has 0 radical (unpaired) electrons. The Hall–Kier alpha value is -3.20. The van der Waals surface area contributed by atoms with E-state index >= 15 is 0 Å². The van der Waals surface area contributed by atoms with Crippen molar-refractivity contribution in [3.05, 3.63) is 54.0 Å². The van der Waals surface area contributed by atoms with Crippen LogP contribution in [0.15, 0.2) is 42.6 Å². The van der Waals surface area contributed by atoms with Crippen molar-refractivity contribution in [2.45, 2.75) is 32.2 Å². The van der Waals surface area contributed by atoms with Crippen LogP contribution in [0.1, 0.15) is 31.7 Å². The van der Waals surface area contributed by atoms with Crippen molar-refractivity contribution in [1.82, 2.24) is 15.2 Å². The Kier molecular flexibility index (Phi) is 9.21. The molecule has 1 fully saturated rings. The third-order valence-corrected chi connectivity index (χ3v) is 5.94. The summed E-state index contributed by atoms with van der Waals surface area (Å²) in [5, 5.41) is 6.39. The van der Waals surface area contributed by atoms with E-state index in [9.17, 15) is 14.0 Å². The van der Waals surface area contributed by atoms with E-state index in [1.807, 2.05) is 19.9 Å². The van der Waals surface area contributed by atoms with E-state index in [0.717, 1.165) is 5.69 Å². The van der Waals surface area contributed by atoms with Gasteiger partial charge in [0.05, 0.1) is 38.1 Å². The molecule has 8 nitrogen and oxygen atoms in total. The van der Waals surface area contributed by atoms with Crippen LogP contribution >= 0.6 is 0 Å². The van der Waals surface area contributed by atoms with Gasteiger partial charge in [-0.1, -0.05) is 26.0 Å². The second-order valence-corrected chi connectivity index (χ2v) is 8.63. The molecule has 0 aliphatic carbocycles. The number of nitrogens with zero attached hydrogens (tertiary/aromatic N) is 2. The number of ether oxygens (including phenoxy) is 2. The minimum absolute atomic E-state index is 0.0120. The van der Waals surface area contributed by atoms with Crippen molar-refractivity contribution in [1.29, 1.82) is 0 Å². The van der Waals surface area contributed by atoms with Gasteiger partial charge >= 0.3 is 0 Å². The molecule has 3 rings (SSSR count). The first kappa shape index (κ1) is 25.4. The van der Waals surface area contributed by atoms with E-state index < -0.39 is 5.92 Å². The second-order valence-electron chi connectivity index (χ2n) is 8.63. The summed E-state index contributed by atoms with van der Waals surface area (Å²) >= 11 is 0. The largest absolute Gasteiger partial charge is 0.481 e. The Morgan fingerprint density at radius 3 is 2.44 bits per heavy atom. The van der Waals surface area contributed by atoms with Gasteiger partial charge in [0, 0.05) is 38.2 Å². The molecule has 2 N–H and O–H groups in total. The van der Waals surface area contributed by atoms with E-state index in [0.29, 0.717) is 44.3 Å². The standard InChI is InChI=1S/C25H33FN4O4/c1-17(2)22(16-27-20-8-9-23(33-3)28-15-20)29-25(32)21(18-4-6-19(26)7-5-18)14-24(31)30-10-12-34-13-11-30/h4-9,15,17,21-22,27H,10-14,16H2,1-3H3,(H,29,32). The fourth-order valence-electron chi connectivity index (χ4n) is 3.74. The molecular formula is C25H33FN4O4. The zero-order chi connectivity index (χ0) is 24.5. The second kappa shape index (κ2) is 12.3. The molecule has 184 valence electrons. The first-order valence-corrected chi connectivity index (χ1v) is 11.5. The molecule has 0 saturated carbocycles. The number of nitrogens with one attached hydrogen (secondary N) is 2. The maximum atomic E-state index is 13.5. The summed E-state index contributed by atoms with van der Waals surface area (Å²) in [6, 6.07) is 9.17. The fraction of sp³-hybridized carbons (Fsp3) is 0.480. The quantitative estimate of drug-likeness (QED) is 0.553. The van der Waals surface area contributed by atoms with Crippen LogP contribution in [0.3, 0.4) is 0 Å². The Bertz CT molecular complexity index is 931. The number of anilines is 1. The van der Waals surface area contributed by atoms with Crippen molar-refractivity contribution < 1.29 is 23.5 Å². The molecule has 9 heteroatoms. The highest BCUT2D eigenvalue weighted by atomic mass is 19.1. The maximum Gasteiger partial charge on any atom is 0.228 e. The van der Waals surface area contributed by atoms with Crippen LogP contribution in [0.25, 0.3) is 0 Å². The molecule has 0 spiro atoms. The molecule has 2 unspecified atom stereocenters. The highest BCUT2D eigenvalue weighted by Crippen LogP contribution is 2.23. The number of rotatable bonds is 10. The predicted octanol–water partition coefficient (Wildman–Crippen LogP) is 2.81. The molecule has 1 aromatic carbocycles. The lowest BCUT2D eigenvalue weighted by molar-refractivity contribution is -0.138. The molecule has 2 aromatic rings. The van der Waals surface area contributed by atoms with E-state index in [1.165, 1.54) is 12.1 Å². The van der Waals surface area contributed by atoms with Gasteiger partial charge in [0.25, 0.3) is 0 Å². The third kappa shape index (κ3) is 7.15. The topological polar surface area (TPSA) is 92.8 Å². The number of halogens is 1. The highest BCUT2D eigenvalue weighted by molar-refractivity contribution is 5.90. The van der Waals surface area contributed by atoms with Crippen molar-refractivity contribution in [3.63, 3.8) is 0 Å². The Balaban J connectivity index is 1.70. The molecule has 2 amide bonds. The minimum atomic E-state index is -0.722. The van der Waals surface area contributed by atoms with Gasteiger partial charge < -0.3 is 25.0 Å². The van der Waals surface area contributed by atoms with Gasteiger partial charge in [-0.3, -0.25) is 9.59 Å². The van der Waals surface area contributed by atoms with Gasteiger partial charge in [0.2, 0.25) is 17.7 Å². The van der Waals surface area contributed by atoms with E-state index in [-0.39, 0.29) is 36.0 Å². The zero-order valence-electron chi connectivity index (χ0n) is 19.9. The first-order chi connectivity index (χ1) is 16.4. The van der Waals surface area contributed by atoms with Crippen LogP contribution < -0.4 is 15.4 Å². The summed E-state index contributed by atoms with van der Waals surface area (Å²) < 4.78 is 23.9. The van der Waals surface area contributed by atoms with Crippen LogP contribution in [-0.2, 0) is 14.3 Å². The molecule has 1 aromatic heterocycles. The molecule has 2 atom stereocenters. The number of amides is 2. The average molecular weight is 473 g/mol. The molecular weight excluding hydrogens is 439 g/mol. The molecule has 1 saturated heterocycles. The fourth-order valence-corrected chi connectivity index (χ4v) is 3.74. The number of benzene rings is 1. The maximum absolute atomic E-state index is 13.5. The van der Waals surface area contributed by atoms with Gasteiger partial charge in [-0.2, -0.15) is 0 Å². The number of carbonyl (C=O) groups excluding carboxylic acids is 2. The lowest BCUT2D eigenvalue weighted by atomic mass is 9.92. The number of hydrogen-bond donors (Lipinski definition) is 2. The number of methoxy groups -OCH3 is 1. The summed E-state index contributed by atoms with van der Waals surface area (Å²) in [7, 11) is 1.56. The molecule has 0 bridgehead atoms. The monoisotopic (exact) mass is 472 g/mol. The summed E-state index contributed by atoms with van der Waals surface area (Å²) in [6.07, 6.45) is 1.68. The first-order valence-electron chi connectivity index (χ1n) is 11.5. The Morgan fingerprint density at radius 1 is 1.15 bits per heavy atom. The van der Waals surface area contributed by atoms with Crippen LogP contribution in [0.4, 0.5) is 10.1 Å². The predicted molar refractivity (Wildman–Crippen MR) is 127 cm³/mol. The van der Waals surface area contributed by atoms with E-state index in [4.69, 9.17) is 9.47 Å². The molecule has 1 aliphatic rings. The SMILES string of the molecule is COc1ccc(NCC(NC(=O)C(CC(=O)N2CCOCC2)c2ccc(F)cc2)C(C)C)cn1. The number of morpholine rings is 1. The van der Waals surface area contributed by atoms with Crippen molar-refractivity contribution >= 4 is 17.5 Å². The van der Waals surface area contributed by atoms with Crippen molar-refractivity contribution in [3.8, 4) is 5.88 Å². The van der Waals surface area contributed by atoms with Crippen LogP contribution in [0, 0.1) is 11.7 Å². The van der Waals surface area contributed by atoms with E-state index in [1.54, 1.807) is 36.4 Å². The smallest absolute Gasteiger partial charge is 0.228 e. The van der Waals surface area contributed by atoms with Crippen LogP contribution in [0.2, 0.25) is 0 Å². The van der Waals surface area contributed by atoms with Gasteiger partial charge in [0.1, 0.15) is 5.82 Å². The number of aromatic nitrogens is 1. The van der Waals surface area contributed by atoms with Gasteiger partial charge in [-0.05, 0) is 29.7 Å². The third-order valence-electron chi connectivity index (χ3n) is 5.94. The lowest BCUT2D eigenvalue weighted by Crippen LogP contribution is -2.47. The number of carbonyl (C=O) groups is 2. The number of hydrogen-bond acceptors (Lipinski definition) is 6. The summed E-state index contributed by atoms with van der Waals surface area (Å²) in [4.78, 5) is 32.2. The average Bonchev–Trinajstić information content (AvgIpc) is 2.86. The summed E-state index contributed by atoms with van der Waals surface area (Å²) in [6.45, 7) is 6.50.